The number of phenolic OH excluding ortho intramolecular Hbond substituents is 2. The summed E-state index contributed by atoms with van der Waals surface area (Å²) in [5, 5.41) is 22.1. The van der Waals surface area contributed by atoms with Gasteiger partial charge in [0.1, 0.15) is 22.9 Å². The van der Waals surface area contributed by atoms with Crippen LogP contribution in [-0.4, -0.2) is 34.4 Å². The first-order valence-corrected chi connectivity index (χ1v) is 15.4. The summed E-state index contributed by atoms with van der Waals surface area (Å²) in [4.78, 5) is 22.2. The molecule has 38 heavy (non-hydrogen) atoms. The first-order valence-electron chi connectivity index (χ1n) is 12.4. The van der Waals surface area contributed by atoms with E-state index in [1.54, 1.807) is 54.7 Å². The number of aromatic nitrogens is 2. The molecule has 3 N–H and O–H groups in total. The molecule has 0 aliphatic rings. The van der Waals surface area contributed by atoms with Crippen molar-refractivity contribution in [1.82, 2.24) is 9.97 Å². The van der Waals surface area contributed by atoms with Crippen LogP contribution in [0, 0.1) is 0 Å². The summed E-state index contributed by atoms with van der Waals surface area (Å²) in [6, 6.07) is 20.9. The predicted molar refractivity (Wildman–Crippen MR) is 153 cm³/mol. The molecule has 0 saturated heterocycles. The number of nitrogens with zero attached hydrogens (tertiary/aromatic N) is 2. The molecule has 0 aliphatic heterocycles. The van der Waals surface area contributed by atoms with E-state index in [-0.39, 0.29) is 28.9 Å². The summed E-state index contributed by atoms with van der Waals surface area (Å²) in [5.74, 6) is 1.20. The summed E-state index contributed by atoms with van der Waals surface area (Å²) in [5.41, 5.74) is 3.46. The van der Waals surface area contributed by atoms with Crippen LogP contribution < -0.4 is 9.74 Å². The highest BCUT2D eigenvalue weighted by atomic mass is 28.4. The molecule has 0 aliphatic carbocycles. The van der Waals surface area contributed by atoms with E-state index >= 15 is 0 Å². The van der Waals surface area contributed by atoms with Gasteiger partial charge in [0, 0.05) is 11.1 Å². The second kappa shape index (κ2) is 10.7. The highest BCUT2D eigenvalue weighted by molar-refractivity contribution is 6.74. The van der Waals surface area contributed by atoms with Crippen LogP contribution in [0.3, 0.4) is 0 Å². The Morgan fingerprint density at radius 3 is 2.00 bits per heavy atom. The number of aromatic hydroxyl groups is 2. The number of carbonyl (C=O) groups is 1. The SMILES string of the molecule is CC(C)(C)[Si](C)(C)Oc1ccc(-c2nc(-c3ccc(O)cc3)cnc2NC(=O)Cc2ccc(O)cc2)cc1. The van der Waals surface area contributed by atoms with Crippen molar-refractivity contribution < 1.29 is 19.4 Å². The van der Waals surface area contributed by atoms with E-state index in [0.29, 0.717) is 17.2 Å². The first kappa shape index (κ1) is 26.9. The van der Waals surface area contributed by atoms with Gasteiger partial charge in [0.05, 0.1) is 18.3 Å². The molecule has 1 aromatic heterocycles. The van der Waals surface area contributed by atoms with Gasteiger partial charge in [-0.15, -0.1) is 0 Å². The van der Waals surface area contributed by atoms with Crippen LogP contribution in [0.15, 0.2) is 79.0 Å². The summed E-state index contributed by atoms with van der Waals surface area (Å²) in [7, 11) is -1.99. The Balaban J connectivity index is 1.66. The average Bonchev–Trinajstić information content (AvgIpc) is 2.86. The highest BCUT2D eigenvalue weighted by Crippen LogP contribution is 2.38. The molecule has 4 rings (SSSR count). The minimum Gasteiger partial charge on any atom is -0.544 e. The molecule has 3 aromatic carbocycles. The van der Waals surface area contributed by atoms with Crippen LogP contribution in [0.1, 0.15) is 26.3 Å². The summed E-state index contributed by atoms with van der Waals surface area (Å²) < 4.78 is 6.42. The minimum atomic E-state index is -1.99. The Labute approximate surface area is 224 Å². The molecule has 196 valence electrons. The Hall–Kier alpha value is -4.17. The zero-order valence-electron chi connectivity index (χ0n) is 22.3. The van der Waals surface area contributed by atoms with Gasteiger partial charge in [-0.25, -0.2) is 9.97 Å². The van der Waals surface area contributed by atoms with Gasteiger partial charge in [-0.1, -0.05) is 32.9 Å². The lowest BCUT2D eigenvalue weighted by Crippen LogP contribution is -2.43. The van der Waals surface area contributed by atoms with Crippen molar-refractivity contribution >= 4 is 20.0 Å². The molecular formula is C30H33N3O4Si. The third kappa shape index (κ3) is 6.38. The molecule has 1 heterocycles. The van der Waals surface area contributed by atoms with E-state index in [2.05, 4.69) is 44.2 Å². The van der Waals surface area contributed by atoms with E-state index in [9.17, 15) is 15.0 Å². The third-order valence-corrected chi connectivity index (χ3v) is 11.2. The fourth-order valence-electron chi connectivity index (χ4n) is 3.56. The Morgan fingerprint density at radius 1 is 0.868 bits per heavy atom. The maximum Gasteiger partial charge on any atom is 0.250 e. The van der Waals surface area contributed by atoms with Crippen molar-refractivity contribution in [3.05, 3.63) is 84.6 Å². The maximum atomic E-state index is 12.9. The van der Waals surface area contributed by atoms with Gasteiger partial charge in [0.25, 0.3) is 0 Å². The standard InChI is InChI=1S/C30H33N3O4Si/c1-30(2,3)38(4,5)37-25-16-10-22(11-17-25)28-29(33-27(36)18-20-6-12-23(34)13-7-20)31-19-26(32-28)21-8-14-24(35)15-9-21/h6-17,19,34-35H,18H2,1-5H3,(H,31,33,36). The van der Waals surface area contributed by atoms with Crippen molar-refractivity contribution in [3.8, 4) is 39.8 Å². The van der Waals surface area contributed by atoms with Gasteiger partial charge < -0.3 is 20.0 Å². The van der Waals surface area contributed by atoms with Gasteiger partial charge in [0.15, 0.2) is 5.82 Å². The molecule has 4 aromatic rings. The monoisotopic (exact) mass is 527 g/mol. The van der Waals surface area contributed by atoms with E-state index in [1.165, 1.54) is 0 Å². The fraction of sp³-hybridized carbons (Fsp3) is 0.233. The Kier molecular flexibility index (Phi) is 7.55. The topological polar surface area (TPSA) is 105 Å². The number of nitrogens with one attached hydrogen (secondary N) is 1. The predicted octanol–water partition coefficient (Wildman–Crippen LogP) is 6.79. The zero-order chi connectivity index (χ0) is 27.5. The molecule has 0 unspecified atom stereocenters. The number of hydrogen-bond acceptors (Lipinski definition) is 6. The van der Waals surface area contributed by atoms with Gasteiger partial charge >= 0.3 is 0 Å². The molecule has 0 atom stereocenters. The molecular weight excluding hydrogens is 494 g/mol. The second-order valence-electron chi connectivity index (χ2n) is 10.8. The van der Waals surface area contributed by atoms with Gasteiger partial charge in [0.2, 0.25) is 14.2 Å². The summed E-state index contributed by atoms with van der Waals surface area (Å²) in [6.07, 6.45) is 1.72. The number of phenols is 2. The Morgan fingerprint density at radius 2 is 1.42 bits per heavy atom. The van der Waals surface area contributed by atoms with E-state index in [0.717, 1.165) is 22.4 Å². The van der Waals surface area contributed by atoms with Crippen molar-refractivity contribution in [2.45, 2.75) is 45.3 Å². The minimum absolute atomic E-state index is 0.0740. The largest absolute Gasteiger partial charge is 0.544 e. The van der Waals surface area contributed by atoms with Gasteiger partial charge in [-0.3, -0.25) is 4.79 Å². The number of hydrogen-bond donors (Lipinski definition) is 3. The molecule has 0 radical (unpaired) electrons. The van der Waals surface area contributed by atoms with Crippen LogP contribution in [-0.2, 0) is 11.2 Å². The molecule has 0 spiro atoms. The smallest absolute Gasteiger partial charge is 0.250 e. The molecule has 0 fully saturated rings. The Bertz CT molecular complexity index is 1410. The van der Waals surface area contributed by atoms with Crippen molar-refractivity contribution in [3.63, 3.8) is 0 Å². The lowest BCUT2D eigenvalue weighted by molar-refractivity contribution is -0.115. The second-order valence-corrected chi connectivity index (χ2v) is 15.5. The summed E-state index contributed by atoms with van der Waals surface area (Å²) >= 11 is 0. The number of anilines is 1. The van der Waals surface area contributed by atoms with Crippen molar-refractivity contribution in [1.29, 1.82) is 0 Å². The molecule has 1 amide bonds. The average molecular weight is 528 g/mol. The highest BCUT2D eigenvalue weighted by Gasteiger charge is 2.38. The van der Waals surface area contributed by atoms with Crippen molar-refractivity contribution in [2.24, 2.45) is 0 Å². The van der Waals surface area contributed by atoms with Crippen LogP contribution in [0.2, 0.25) is 18.1 Å². The van der Waals surface area contributed by atoms with Crippen LogP contribution in [0.5, 0.6) is 17.2 Å². The zero-order valence-corrected chi connectivity index (χ0v) is 23.3. The quantitative estimate of drug-likeness (QED) is 0.229. The first-order chi connectivity index (χ1) is 17.9. The summed E-state index contributed by atoms with van der Waals surface area (Å²) in [6.45, 7) is 11.0. The van der Waals surface area contributed by atoms with Gasteiger partial charge in [-0.2, -0.15) is 0 Å². The fourth-order valence-corrected chi connectivity index (χ4v) is 4.59. The molecule has 0 bridgehead atoms. The maximum absolute atomic E-state index is 12.9. The van der Waals surface area contributed by atoms with E-state index in [4.69, 9.17) is 9.41 Å². The number of rotatable bonds is 7. The molecule has 8 heteroatoms. The van der Waals surface area contributed by atoms with Gasteiger partial charge in [-0.05, 0) is 84.4 Å². The number of benzene rings is 3. The van der Waals surface area contributed by atoms with E-state index in [1.807, 2.05) is 24.3 Å². The van der Waals surface area contributed by atoms with E-state index < -0.39 is 8.32 Å². The molecule has 7 nitrogen and oxygen atoms in total. The van der Waals surface area contributed by atoms with Crippen LogP contribution in [0.25, 0.3) is 22.5 Å². The van der Waals surface area contributed by atoms with Crippen LogP contribution in [0.4, 0.5) is 5.82 Å². The number of amides is 1. The lowest BCUT2D eigenvalue weighted by atomic mass is 10.1. The lowest BCUT2D eigenvalue weighted by Gasteiger charge is -2.36. The normalized spacial score (nSPS) is 11.7. The van der Waals surface area contributed by atoms with Crippen molar-refractivity contribution in [2.75, 3.05) is 5.32 Å². The molecule has 0 saturated carbocycles. The third-order valence-electron chi connectivity index (χ3n) is 6.80. The number of carbonyl (C=O) groups excluding carboxylic acids is 1. The van der Waals surface area contributed by atoms with Crippen LogP contribution >= 0.6 is 0 Å².